The maximum Gasteiger partial charge on any atom is 0.286 e. The van der Waals surface area contributed by atoms with Gasteiger partial charge in [0.1, 0.15) is 0 Å². The van der Waals surface area contributed by atoms with E-state index in [0.29, 0.717) is 24.7 Å². The second kappa shape index (κ2) is 9.58. The van der Waals surface area contributed by atoms with Crippen LogP contribution in [0.5, 0.6) is 0 Å². The highest BCUT2D eigenvalue weighted by atomic mass is 19.2. The van der Waals surface area contributed by atoms with Crippen LogP contribution in [0.2, 0.25) is 0 Å². The van der Waals surface area contributed by atoms with Crippen molar-refractivity contribution in [1.29, 1.82) is 0 Å². The predicted octanol–water partition coefficient (Wildman–Crippen LogP) is 6.45. The van der Waals surface area contributed by atoms with Crippen LogP contribution in [-0.2, 0) is 14.2 Å². The van der Waals surface area contributed by atoms with E-state index < -0.39 is 23.4 Å². The molecule has 3 aliphatic heterocycles. The molecule has 5 rings (SSSR count). The lowest BCUT2D eigenvalue weighted by molar-refractivity contribution is -0.488. The fraction of sp³-hybridized carbons (Fsp3) is 0.750. The summed E-state index contributed by atoms with van der Waals surface area (Å²) >= 11 is 0. The molecule has 6 heteroatoms. The van der Waals surface area contributed by atoms with Gasteiger partial charge in [0.05, 0.1) is 19.3 Å². The van der Waals surface area contributed by atoms with Crippen molar-refractivity contribution in [3.63, 3.8) is 0 Å². The molecule has 1 aromatic rings. The Kier molecular flexibility index (Phi) is 7.05. The molecule has 3 nitrogen and oxygen atoms in total. The van der Waals surface area contributed by atoms with Crippen LogP contribution in [0.15, 0.2) is 12.1 Å². The summed E-state index contributed by atoms with van der Waals surface area (Å²) in [5, 5.41) is 0. The van der Waals surface area contributed by atoms with Gasteiger partial charge in [0.25, 0.3) is 5.97 Å². The number of hydrogen-bond acceptors (Lipinski definition) is 3. The first kappa shape index (κ1) is 22.1. The van der Waals surface area contributed by atoms with Crippen molar-refractivity contribution >= 4 is 0 Å². The average molecular weight is 427 g/mol. The van der Waals surface area contributed by atoms with Gasteiger partial charge in [-0.15, -0.1) is 0 Å². The molecule has 0 aromatic heterocycles. The molecular weight excluding hydrogens is 393 g/mol. The van der Waals surface area contributed by atoms with Crippen molar-refractivity contribution < 1.29 is 27.4 Å². The predicted molar refractivity (Wildman–Crippen MR) is 107 cm³/mol. The van der Waals surface area contributed by atoms with E-state index in [9.17, 15) is 13.2 Å². The second-order valence-electron chi connectivity index (χ2n) is 9.19. The van der Waals surface area contributed by atoms with Crippen LogP contribution in [0.3, 0.4) is 0 Å². The standard InChI is InChI=1S/C24H33F3O3/c1-2-3-4-5-6-7-22-18-14-28-24(30-22,29-15-18)19-10-8-16(9-11-19)17-12-20(25)23(27)21(26)13-17/h12-13,16,18-19,22H,2-11,14-15H2,1H3. The number of halogens is 3. The number of hydrogen-bond donors (Lipinski definition) is 0. The molecule has 3 heterocycles. The first-order chi connectivity index (χ1) is 14.5. The molecule has 2 bridgehead atoms. The summed E-state index contributed by atoms with van der Waals surface area (Å²) in [6.45, 7) is 3.57. The van der Waals surface area contributed by atoms with E-state index in [-0.39, 0.29) is 17.9 Å². The van der Waals surface area contributed by atoms with Gasteiger partial charge in [-0.1, -0.05) is 39.0 Å². The summed E-state index contributed by atoms with van der Waals surface area (Å²) in [6, 6.07) is 2.26. The molecule has 4 aliphatic rings. The van der Waals surface area contributed by atoms with Crippen LogP contribution in [0, 0.1) is 29.3 Å². The Morgan fingerprint density at radius 2 is 1.53 bits per heavy atom. The monoisotopic (exact) mass is 426 g/mol. The molecule has 168 valence electrons. The highest BCUT2D eigenvalue weighted by Gasteiger charge is 2.54. The third-order valence-corrected chi connectivity index (χ3v) is 7.14. The van der Waals surface area contributed by atoms with Gasteiger partial charge < -0.3 is 14.2 Å². The van der Waals surface area contributed by atoms with Gasteiger partial charge in [-0.3, -0.25) is 0 Å². The third kappa shape index (κ3) is 4.56. The molecule has 1 atom stereocenters. The number of unbranched alkanes of at least 4 members (excludes halogenated alkanes) is 4. The minimum absolute atomic E-state index is 0.0107. The summed E-state index contributed by atoms with van der Waals surface area (Å²) in [7, 11) is 0. The van der Waals surface area contributed by atoms with E-state index in [1.807, 2.05) is 0 Å². The number of ether oxygens (including phenoxy) is 3. The third-order valence-electron chi connectivity index (χ3n) is 7.14. The van der Waals surface area contributed by atoms with Crippen molar-refractivity contribution in [2.24, 2.45) is 11.8 Å². The minimum atomic E-state index is -1.40. The zero-order chi connectivity index (χ0) is 21.1. The van der Waals surface area contributed by atoms with Crippen molar-refractivity contribution in [2.75, 3.05) is 13.2 Å². The van der Waals surface area contributed by atoms with Crippen LogP contribution >= 0.6 is 0 Å². The molecule has 4 fully saturated rings. The molecule has 0 spiro atoms. The second-order valence-corrected chi connectivity index (χ2v) is 9.19. The number of rotatable bonds is 8. The van der Waals surface area contributed by atoms with Crippen LogP contribution in [0.4, 0.5) is 13.2 Å². The SMILES string of the molecule is CCCCCCCC1OC2(C3CCC(c4cc(F)c(F)c(F)c4)CC3)OCC1CO2. The highest BCUT2D eigenvalue weighted by molar-refractivity contribution is 5.23. The Labute approximate surface area is 177 Å². The van der Waals surface area contributed by atoms with Crippen molar-refractivity contribution in [1.82, 2.24) is 0 Å². The molecule has 0 amide bonds. The fourth-order valence-electron chi connectivity index (χ4n) is 5.29. The molecule has 3 saturated heterocycles. The van der Waals surface area contributed by atoms with E-state index in [4.69, 9.17) is 14.2 Å². The topological polar surface area (TPSA) is 27.7 Å². The normalized spacial score (nSPS) is 33.7. The summed E-state index contributed by atoms with van der Waals surface area (Å²) in [6.07, 6.45) is 10.5. The van der Waals surface area contributed by atoms with E-state index in [1.165, 1.54) is 32.1 Å². The number of fused-ring (bicyclic) bond motifs is 3. The average Bonchev–Trinajstić information content (AvgIpc) is 2.78. The van der Waals surface area contributed by atoms with Crippen molar-refractivity contribution in [2.45, 2.75) is 89.1 Å². The van der Waals surface area contributed by atoms with Gasteiger partial charge in [-0.2, -0.15) is 0 Å². The van der Waals surface area contributed by atoms with Crippen molar-refractivity contribution in [3.05, 3.63) is 35.1 Å². The molecule has 0 radical (unpaired) electrons. The maximum absolute atomic E-state index is 13.6. The van der Waals surface area contributed by atoms with Gasteiger partial charge in [-0.05, 0) is 55.7 Å². The zero-order valence-electron chi connectivity index (χ0n) is 17.8. The Hall–Kier alpha value is -1.11. The summed E-state index contributed by atoms with van der Waals surface area (Å²) in [5.74, 6) is -4.18. The summed E-state index contributed by atoms with van der Waals surface area (Å²) in [5.41, 5.74) is 0.530. The van der Waals surface area contributed by atoms with Crippen LogP contribution in [0.25, 0.3) is 0 Å². The Morgan fingerprint density at radius 1 is 0.900 bits per heavy atom. The summed E-state index contributed by atoms with van der Waals surface area (Å²) < 4.78 is 59.0. The van der Waals surface area contributed by atoms with Gasteiger partial charge in [-0.25, -0.2) is 13.2 Å². The highest BCUT2D eigenvalue weighted by Crippen LogP contribution is 2.48. The Balaban J connectivity index is 1.33. The van der Waals surface area contributed by atoms with Gasteiger partial charge in [0.15, 0.2) is 17.5 Å². The molecule has 1 saturated carbocycles. The Morgan fingerprint density at radius 3 is 2.17 bits per heavy atom. The van der Waals surface area contributed by atoms with Crippen LogP contribution < -0.4 is 0 Å². The van der Waals surface area contributed by atoms with Crippen LogP contribution in [-0.4, -0.2) is 25.3 Å². The summed E-state index contributed by atoms with van der Waals surface area (Å²) in [4.78, 5) is 0. The fourth-order valence-corrected chi connectivity index (χ4v) is 5.29. The van der Waals surface area contributed by atoms with E-state index in [0.717, 1.165) is 44.2 Å². The lowest BCUT2D eigenvalue weighted by Gasteiger charge is -2.53. The van der Waals surface area contributed by atoms with E-state index in [1.54, 1.807) is 0 Å². The number of benzene rings is 1. The lowest BCUT2D eigenvalue weighted by Crippen LogP contribution is -2.62. The lowest BCUT2D eigenvalue weighted by atomic mass is 9.77. The first-order valence-corrected chi connectivity index (χ1v) is 11.6. The van der Waals surface area contributed by atoms with Crippen LogP contribution in [0.1, 0.15) is 82.6 Å². The quantitative estimate of drug-likeness (QED) is 0.353. The zero-order valence-corrected chi connectivity index (χ0v) is 17.8. The molecule has 1 aromatic carbocycles. The van der Waals surface area contributed by atoms with Gasteiger partial charge in [0.2, 0.25) is 0 Å². The first-order valence-electron chi connectivity index (χ1n) is 11.6. The Bertz CT molecular complexity index is 687. The molecular formula is C24H33F3O3. The molecule has 1 aliphatic carbocycles. The molecule has 1 unspecified atom stereocenters. The molecule has 30 heavy (non-hydrogen) atoms. The van der Waals surface area contributed by atoms with E-state index >= 15 is 0 Å². The van der Waals surface area contributed by atoms with Gasteiger partial charge >= 0.3 is 0 Å². The van der Waals surface area contributed by atoms with Gasteiger partial charge in [0, 0.05) is 11.8 Å². The minimum Gasteiger partial charge on any atom is -0.327 e. The molecule has 0 N–H and O–H groups in total. The van der Waals surface area contributed by atoms with E-state index in [2.05, 4.69) is 6.92 Å². The smallest absolute Gasteiger partial charge is 0.286 e. The largest absolute Gasteiger partial charge is 0.327 e. The maximum atomic E-state index is 13.6. The van der Waals surface area contributed by atoms with Crippen molar-refractivity contribution in [3.8, 4) is 0 Å².